The predicted octanol–water partition coefficient (Wildman–Crippen LogP) is -0.655. The van der Waals surface area contributed by atoms with Gasteiger partial charge in [-0.1, -0.05) is 6.08 Å². The van der Waals surface area contributed by atoms with E-state index in [4.69, 9.17) is 0 Å². The molecule has 3 saturated heterocycles. The van der Waals surface area contributed by atoms with Gasteiger partial charge in [0.2, 0.25) is 0 Å². The predicted molar refractivity (Wildman–Crippen MR) is 94.9 cm³/mol. The van der Waals surface area contributed by atoms with Gasteiger partial charge < -0.3 is 15.2 Å². The largest absolute Gasteiger partial charge is 0.355 e. The van der Waals surface area contributed by atoms with E-state index in [1.54, 1.807) is 0 Å². The van der Waals surface area contributed by atoms with Gasteiger partial charge in [0.1, 0.15) is 12.4 Å². The number of fused-ring (bicyclic) bond motifs is 3. The van der Waals surface area contributed by atoms with Gasteiger partial charge in [0.25, 0.3) is 0 Å². The molecular formula is C16H28N8. The summed E-state index contributed by atoms with van der Waals surface area (Å²) in [6, 6.07) is 0.556. The molecule has 0 aromatic carbocycles. The number of hydrogen-bond acceptors (Lipinski definition) is 5. The van der Waals surface area contributed by atoms with Crippen molar-refractivity contribution in [2.75, 3.05) is 45.8 Å². The first kappa shape index (κ1) is 16.9. The molecule has 3 aliphatic rings. The lowest BCUT2D eigenvalue weighted by Crippen LogP contribution is -2.63. The Morgan fingerprint density at radius 2 is 2.08 bits per heavy atom. The molecule has 2 N–H and O–H groups in total. The van der Waals surface area contributed by atoms with Crippen molar-refractivity contribution in [3.63, 3.8) is 0 Å². The van der Waals surface area contributed by atoms with Gasteiger partial charge in [-0.3, -0.25) is 9.80 Å². The fraction of sp³-hybridized carbons (Fsp3) is 0.688. The number of nitrogens with one attached hydrogen (secondary N) is 2. The monoisotopic (exact) mass is 332 g/mol. The zero-order valence-electron chi connectivity index (χ0n) is 14.7. The third-order valence-corrected chi connectivity index (χ3v) is 4.87. The van der Waals surface area contributed by atoms with Crippen LogP contribution in [0, 0.1) is 6.92 Å². The molecule has 3 aliphatic heterocycles. The lowest BCUT2D eigenvalue weighted by atomic mass is 10.1. The molecule has 8 nitrogen and oxygen atoms in total. The molecule has 4 heterocycles. The summed E-state index contributed by atoms with van der Waals surface area (Å²) in [5.74, 6) is 2.56. The summed E-state index contributed by atoms with van der Waals surface area (Å²) in [6.45, 7) is 13.7. The topological polar surface area (TPSA) is 73.6 Å². The average molecular weight is 332 g/mol. The van der Waals surface area contributed by atoms with Crippen LogP contribution in [0.5, 0.6) is 0 Å². The van der Waals surface area contributed by atoms with Gasteiger partial charge in [-0.05, 0) is 6.92 Å². The summed E-state index contributed by atoms with van der Waals surface area (Å²) in [5, 5.41) is 15.0. The van der Waals surface area contributed by atoms with Crippen LogP contribution in [0.2, 0.25) is 0 Å². The lowest BCUT2D eigenvalue weighted by molar-refractivity contribution is 0.0154. The summed E-state index contributed by atoms with van der Waals surface area (Å²) < 4.78 is 1.97. The first-order valence-corrected chi connectivity index (χ1v) is 8.61. The smallest absolute Gasteiger partial charge is 0.192 e. The molecule has 8 heteroatoms. The Hall–Kier alpha value is -1.93. The van der Waals surface area contributed by atoms with E-state index < -0.39 is 0 Å². The van der Waals surface area contributed by atoms with Crippen LogP contribution in [0.4, 0.5) is 0 Å². The van der Waals surface area contributed by atoms with Crippen molar-refractivity contribution < 1.29 is 0 Å². The van der Waals surface area contributed by atoms with E-state index in [1.807, 2.05) is 24.6 Å². The van der Waals surface area contributed by atoms with Gasteiger partial charge in [0.05, 0.1) is 0 Å². The zero-order valence-corrected chi connectivity index (χ0v) is 14.7. The highest BCUT2D eigenvalue weighted by Crippen LogP contribution is 2.14. The maximum Gasteiger partial charge on any atom is 0.192 e. The summed E-state index contributed by atoms with van der Waals surface area (Å²) in [7, 11) is 1.96. The minimum atomic E-state index is 0.504. The zero-order chi connectivity index (χ0) is 16.9. The molecule has 24 heavy (non-hydrogen) atoms. The molecule has 1 aromatic heterocycles. The van der Waals surface area contributed by atoms with Crippen molar-refractivity contribution in [2.24, 2.45) is 12.0 Å². The first-order valence-electron chi connectivity index (χ1n) is 8.61. The summed E-state index contributed by atoms with van der Waals surface area (Å²) in [5.41, 5.74) is 0. The maximum absolute atomic E-state index is 4.64. The SMILES string of the molecule is C=CCNC(=NCc1nnc(C)n1C)NCC1CN2CCN1CC2. The molecule has 1 aromatic rings. The normalized spacial score (nSPS) is 26.4. The second-order valence-corrected chi connectivity index (χ2v) is 6.43. The molecule has 3 fully saturated rings. The Morgan fingerprint density at radius 3 is 2.67 bits per heavy atom. The molecule has 1 unspecified atom stereocenters. The van der Waals surface area contributed by atoms with Crippen LogP contribution in [0.25, 0.3) is 0 Å². The van der Waals surface area contributed by atoms with E-state index in [0.717, 1.165) is 30.7 Å². The van der Waals surface area contributed by atoms with E-state index in [2.05, 4.69) is 42.2 Å². The Labute approximate surface area is 143 Å². The summed E-state index contributed by atoms with van der Waals surface area (Å²) in [6.07, 6.45) is 1.83. The Bertz CT molecular complexity index is 585. The van der Waals surface area contributed by atoms with Crippen molar-refractivity contribution in [1.82, 2.24) is 35.2 Å². The first-order chi connectivity index (χ1) is 11.7. The molecule has 4 rings (SSSR count). The molecule has 0 saturated carbocycles. The van der Waals surface area contributed by atoms with E-state index in [0.29, 0.717) is 19.1 Å². The minimum absolute atomic E-state index is 0.504. The molecule has 0 spiro atoms. The second-order valence-electron chi connectivity index (χ2n) is 6.43. The Balaban J connectivity index is 1.57. The molecule has 132 valence electrons. The molecule has 0 aliphatic carbocycles. The number of piperazine rings is 3. The van der Waals surface area contributed by atoms with Gasteiger partial charge >= 0.3 is 0 Å². The van der Waals surface area contributed by atoms with Crippen molar-refractivity contribution >= 4 is 5.96 Å². The van der Waals surface area contributed by atoms with Gasteiger partial charge in [-0.25, -0.2) is 4.99 Å². The molecule has 1 atom stereocenters. The van der Waals surface area contributed by atoms with Gasteiger partial charge in [-0.2, -0.15) is 0 Å². The number of aryl methyl sites for hydroxylation is 1. The van der Waals surface area contributed by atoms with Crippen molar-refractivity contribution in [1.29, 1.82) is 0 Å². The standard InChI is InChI=1S/C16H28N8/c1-4-5-17-16(19-11-15-21-20-13(2)22(15)3)18-10-14-12-23-6-8-24(14)9-7-23/h4,14H,1,5-12H2,2-3H3,(H2,17,18,19). The van der Waals surface area contributed by atoms with Crippen LogP contribution in [0.1, 0.15) is 11.6 Å². The van der Waals surface area contributed by atoms with Crippen LogP contribution >= 0.6 is 0 Å². The minimum Gasteiger partial charge on any atom is -0.355 e. The van der Waals surface area contributed by atoms with Gasteiger partial charge in [0, 0.05) is 58.9 Å². The fourth-order valence-corrected chi connectivity index (χ4v) is 3.21. The number of nitrogens with zero attached hydrogens (tertiary/aromatic N) is 6. The lowest BCUT2D eigenvalue weighted by Gasteiger charge is -2.47. The van der Waals surface area contributed by atoms with Gasteiger partial charge in [-0.15, -0.1) is 16.8 Å². The maximum atomic E-state index is 4.64. The molecule has 0 radical (unpaired) electrons. The average Bonchev–Trinajstić information content (AvgIpc) is 2.94. The van der Waals surface area contributed by atoms with E-state index >= 15 is 0 Å². The van der Waals surface area contributed by atoms with E-state index in [1.165, 1.54) is 26.2 Å². The highest BCUT2D eigenvalue weighted by Gasteiger charge is 2.31. The van der Waals surface area contributed by atoms with Crippen molar-refractivity contribution in [3.8, 4) is 0 Å². The molecular weight excluding hydrogens is 304 g/mol. The number of hydrogen-bond donors (Lipinski definition) is 2. The Kier molecular flexibility index (Phi) is 5.47. The molecule has 2 bridgehead atoms. The van der Waals surface area contributed by atoms with Crippen LogP contribution < -0.4 is 10.6 Å². The van der Waals surface area contributed by atoms with E-state index in [9.17, 15) is 0 Å². The number of guanidine groups is 1. The summed E-state index contributed by atoms with van der Waals surface area (Å²) in [4.78, 5) is 9.76. The van der Waals surface area contributed by atoms with Crippen LogP contribution in [-0.2, 0) is 13.6 Å². The third kappa shape index (κ3) is 3.93. The van der Waals surface area contributed by atoms with Crippen molar-refractivity contribution in [2.45, 2.75) is 19.5 Å². The summed E-state index contributed by atoms with van der Waals surface area (Å²) >= 11 is 0. The molecule has 0 amide bonds. The number of rotatable bonds is 6. The number of aromatic nitrogens is 3. The van der Waals surface area contributed by atoms with Crippen LogP contribution in [0.15, 0.2) is 17.6 Å². The second kappa shape index (κ2) is 7.76. The highest BCUT2D eigenvalue weighted by molar-refractivity contribution is 5.79. The van der Waals surface area contributed by atoms with Crippen LogP contribution in [0.3, 0.4) is 0 Å². The van der Waals surface area contributed by atoms with Gasteiger partial charge in [0.15, 0.2) is 11.8 Å². The van der Waals surface area contributed by atoms with Crippen LogP contribution in [-0.4, -0.2) is 82.4 Å². The quantitative estimate of drug-likeness (QED) is 0.410. The number of aliphatic imine (C=N–C) groups is 1. The van der Waals surface area contributed by atoms with Crippen molar-refractivity contribution in [3.05, 3.63) is 24.3 Å². The Morgan fingerprint density at radius 1 is 1.29 bits per heavy atom. The van der Waals surface area contributed by atoms with E-state index in [-0.39, 0.29) is 0 Å². The highest BCUT2D eigenvalue weighted by atomic mass is 15.4. The third-order valence-electron chi connectivity index (χ3n) is 4.87. The fourth-order valence-electron chi connectivity index (χ4n) is 3.21.